The molecule has 1 heterocycles. The van der Waals surface area contributed by atoms with Crippen LogP contribution in [-0.4, -0.2) is 13.4 Å². The molecule has 2 aromatic carbocycles. The highest BCUT2D eigenvalue weighted by Crippen LogP contribution is 2.28. The summed E-state index contributed by atoms with van der Waals surface area (Å²) >= 11 is 0. The van der Waals surface area contributed by atoms with Gasteiger partial charge in [0.05, 0.1) is 0 Å². The predicted octanol–water partition coefficient (Wildman–Crippen LogP) is 3.88. The molecule has 0 atom stereocenters. The minimum absolute atomic E-state index is 0.205. The molecule has 1 aliphatic carbocycles. The van der Waals surface area contributed by atoms with Gasteiger partial charge in [-0.1, -0.05) is 24.3 Å². The molecule has 4 nitrogen and oxygen atoms in total. The Balaban J connectivity index is 1.73. The standard InChI is InChI=1S/C19H17NO3S/c21-24(22,17-11-10-14-5-1-2-6-16(14)13-17)23-18-9-3-7-15-8-4-12-20-19(15)18/h3-4,7-13H,1-2,5-6H2. The number of fused-ring (bicyclic) bond motifs is 2. The first-order chi connectivity index (χ1) is 11.6. The molecule has 1 aromatic heterocycles. The van der Waals surface area contributed by atoms with E-state index in [1.807, 2.05) is 24.3 Å². The van der Waals surface area contributed by atoms with Gasteiger partial charge >= 0.3 is 10.1 Å². The van der Waals surface area contributed by atoms with Crippen molar-refractivity contribution in [2.24, 2.45) is 0 Å². The van der Waals surface area contributed by atoms with E-state index in [2.05, 4.69) is 4.98 Å². The van der Waals surface area contributed by atoms with E-state index in [9.17, 15) is 8.42 Å². The van der Waals surface area contributed by atoms with E-state index in [1.165, 1.54) is 5.56 Å². The summed E-state index contributed by atoms with van der Waals surface area (Å²) < 4.78 is 30.8. The molecule has 122 valence electrons. The summed E-state index contributed by atoms with van der Waals surface area (Å²) in [6.45, 7) is 0. The number of benzene rings is 2. The van der Waals surface area contributed by atoms with Gasteiger partial charge in [0, 0.05) is 11.6 Å². The third kappa shape index (κ3) is 2.76. The molecular weight excluding hydrogens is 322 g/mol. The molecule has 0 saturated carbocycles. The van der Waals surface area contributed by atoms with Crippen molar-refractivity contribution in [2.75, 3.05) is 0 Å². The number of aromatic nitrogens is 1. The van der Waals surface area contributed by atoms with Gasteiger partial charge in [-0.2, -0.15) is 8.42 Å². The Morgan fingerprint density at radius 3 is 2.58 bits per heavy atom. The van der Waals surface area contributed by atoms with Crippen LogP contribution in [0, 0.1) is 0 Å². The van der Waals surface area contributed by atoms with Crippen molar-refractivity contribution < 1.29 is 12.6 Å². The zero-order valence-corrected chi connectivity index (χ0v) is 13.9. The monoisotopic (exact) mass is 339 g/mol. The third-order valence-corrected chi connectivity index (χ3v) is 5.63. The summed E-state index contributed by atoms with van der Waals surface area (Å²) in [5.74, 6) is 0.255. The molecule has 0 saturated heterocycles. The number of para-hydroxylation sites is 1. The van der Waals surface area contributed by atoms with E-state index in [0.29, 0.717) is 5.52 Å². The zero-order valence-electron chi connectivity index (χ0n) is 13.1. The SMILES string of the molecule is O=S(=O)(Oc1cccc2cccnc12)c1ccc2c(c1)CCCC2. The first-order valence-electron chi connectivity index (χ1n) is 8.03. The minimum Gasteiger partial charge on any atom is -0.377 e. The lowest BCUT2D eigenvalue weighted by Gasteiger charge is -2.16. The Morgan fingerprint density at radius 1 is 0.917 bits per heavy atom. The van der Waals surface area contributed by atoms with Crippen LogP contribution in [0.2, 0.25) is 0 Å². The Morgan fingerprint density at radius 2 is 1.71 bits per heavy atom. The number of nitrogens with zero attached hydrogens (tertiary/aromatic N) is 1. The minimum atomic E-state index is -3.88. The lowest BCUT2D eigenvalue weighted by atomic mass is 9.92. The lowest BCUT2D eigenvalue weighted by Crippen LogP contribution is -2.12. The molecule has 0 bridgehead atoms. The van der Waals surface area contributed by atoms with Crippen molar-refractivity contribution in [2.45, 2.75) is 30.6 Å². The van der Waals surface area contributed by atoms with Gasteiger partial charge in [0.2, 0.25) is 0 Å². The molecule has 1 aliphatic rings. The summed E-state index contributed by atoms with van der Waals surface area (Å²) in [6.07, 6.45) is 5.83. The van der Waals surface area contributed by atoms with E-state index >= 15 is 0 Å². The summed E-state index contributed by atoms with van der Waals surface area (Å²) in [5, 5.41) is 0.843. The predicted molar refractivity (Wildman–Crippen MR) is 92.6 cm³/mol. The molecule has 0 fully saturated rings. The lowest BCUT2D eigenvalue weighted by molar-refractivity contribution is 0.488. The quantitative estimate of drug-likeness (QED) is 0.680. The molecular formula is C19H17NO3S. The molecule has 0 aliphatic heterocycles. The van der Waals surface area contributed by atoms with Gasteiger partial charge in [-0.15, -0.1) is 0 Å². The fraction of sp³-hybridized carbons (Fsp3) is 0.211. The van der Waals surface area contributed by atoms with E-state index in [-0.39, 0.29) is 10.6 Å². The average Bonchev–Trinajstić information content (AvgIpc) is 2.61. The molecule has 0 N–H and O–H groups in total. The van der Waals surface area contributed by atoms with Gasteiger partial charge in [-0.3, -0.25) is 4.98 Å². The second-order valence-corrected chi connectivity index (χ2v) is 7.55. The second kappa shape index (κ2) is 5.91. The Bertz CT molecular complexity index is 1010. The Hall–Kier alpha value is -2.40. The van der Waals surface area contributed by atoms with Crippen LogP contribution in [0.4, 0.5) is 0 Å². The van der Waals surface area contributed by atoms with Crippen molar-refractivity contribution in [3.8, 4) is 5.75 Å². The number of hydrogen-bond donors (Lipinski definition) is 0. The van der Waals surface area contributed by atoms with Crippen molar-refractivity contribution in [1.82, 2.24) is 4.98 Å². The largest absolute Gasteiger partial charge is 0.377 e. The maximum Gasteiger partial charge on any atom is 0.339 e. The first-order valence-corrected chi connectivity index (χ1v) is 9.44. The van der Waals surface area contributed by atoms with Gasteiger partial charge in [0.15, 0.2) is 5.75 Å². The van der Waals surface area contributed by atoms with Gasteiger partial charge in [-0.05, 0) is 61.1 Å². The number of hydrogen-bond acceptors (Lipinski definition) is 4. The highest BCUT2D eigenvalue weighted by atomic mass is 32.2. The highest BCUT2D eigenvalue weighted by molar-refractivity contribution is 7.87. The van der Waals surface area contributed by atoms with E-state index < -0.39 is 10.1 Å². The zero-order chi connectivity index (χ0) is 16.6. The van der Waals surface area contributed by atoms with E-state index in [1.54, 1.807) is 30.5 Å². The second-order valence-electron chi connectivity index (χ2n) is 6.01. The molecule has 4 rings (SSSR count). The van der Waals surface area contributed by atoms with Crippen molar-refractivity contribution in [3.63, 3.8) is 0 Å². The Labute approximate surface area is 141 Å². The maximum absolute atomic E-state index is 12.7. The molecule has 24 heavy (non-hydrogen) atoms. The number of pyridine rings is 1. The van der Waals surface area contributed by atoms with Gasteiger partial charge in [0.1, 0.15) is 10.4 Å². The van der Waals surface area contributed by atoms with E-state index in [0.717, 1.165) is 36.6 Å². The number of aryl methyl sites for hydroxylation is 2. The molecule has 0 spiro atoms. The van der Waals surface area contributed by atoms with Crippen LogP contribution in [0.1, 0.15) is 24.0 Å². The maximum atomic E-state index is 12.7. The fourth-order valence-electron chi connectivity index (χ4n) is 3.18. The summed E-state index contributed by atoms with van der Waals surface area (Å²) in [5.41, 5.74) is 2.90. The van der Waals surface area contributed by atoms with Crippen molar-refractivity contribution in [3.05, 3.63) is 65.9 Å². The van der Waals surface area contributed by atoms with Crippen LogP contribution in [0.15, 0.2) is 59.6 Å². The molecule has 0 amide bonds. The Kier molecular flexibility index (Phi) is 3.73. The topological polar surface area (TPSA) is 56.3 Å². The van der Waals surface area contributed by atoms with Crippen LogP contribution in [0.25, 0.3) is 10.9 Å². The van der Waals surface area contributed by atoms with Gasteiger partial charge in [-0.25, -0.2) is 0 Å². The molecule has 3 aromatic rings. The van der Waals surface area contributed by atoms with Crippen LogP contribution in [0.3, 0.4) is 0 Å². The average molecular weight is 339 g/mol. The van der Waals surface area contributed by atoms with Gasteiger partial charge in [0.25, 0.3) is 0 Å². The highest BCUT2D eigenvalue weighted by Gasteiger charge is 2.21. The smallest absolute Gasteiger partial charge is 0.339 e. The summed E-state index contributed by atoms with van der Waals surface area (Å²) in [6, 6.07) is 14.3. The summed E-state index contributed by atoms with van der Waals surface area (Å²) in [7, 11) is -3.88. The van der Waals surface area contributed by atoms with Crippen LogP contribution in [-0.2, 0) is 23.0 Å². The van der Waals surface area contributed by atoms with Crippen LogP contribution < -0.4 is 4.18 Å². The molecule has 0 radical (unpaired) electrons. The van der Waals surface area contributed by atoms with E-state index in [4.69, 9.17) is 4.18 Å². The summed E-state index contributed by atoms with van der Waals surface area (Å²) in [4.78, 5) is 4.44. The first kappa shape index (κ1) is 15.1. The third-order valence-electron chi connectivity index (χ3n) is 4.40. The number of rotatable bonds is 3. The van der Waals surface area contributed by atoms with Crippen LogP contribution in [0.5, 0.6) is 5.75 Å². The fourth-order valence-corrected chi connectivity index (χ4v) is 4.16. The normalized spacial score (nSPS) is 14.3. The molecule has 0 unspecified atom stereocenters. The van der Waals surface area contributed by atoms with Crippen molar-refractivity contribution in [1.29, 1.82) is 0 Å². The van der Waals surface area contributed by atoms with Crippen LogP contribution >= 0.6 is 0 Å². The molecule has 5 heteroatoms. The van der Waals surface area contributed by atoms with Gasteiger partial charge < -0.3 is 4.18 Å². The van der Waals surface area contributed by atoms with Crippen molar-refractivity contribution >= 4 is 21.0 Å².